The Morgan fingerprint density at radius 2 is 1.68 bits per heavy atom. The smallest absolute Gasteiger partial charge is 0.251 e. The van der Waals surface area contributed by atoms with Crippen LogP contribution in [0.25, 0.3) is 0 Å². The van der Waals surface area contributed by atoms with Crippen molar-refractivity contribution in [3.63, 3.8) is 0 Å². The maximum absolute atomic E-state index is 12.2. The summed E-state index contributed by atoms with van der Waals surface area (Å²) in [4.78, 5) is 26.3. The molecule has 0 bridgehead atoms. The molecule has 0 aliphatic rings. The average Bonchev–Trinajstić information content (AvgIpc) is 2.66. The van der Waals surface area contributed by atoms with Gasteiger partial charge in [-0.2, -0.15) is 0 Å². The molecule has 5 nitrogen and oxygen atoms in total. The molecule has 2 aromatic rings. The van der Waals surface area contributed by atoms with E-state index in [0.717, 1.165) is 18.7 Å². The minimum atomic E-state index is -0.265. The van der Waals surface area contributed by atoms with Gasteiger partial charge in [0.05, 0.1) is 13.2 Å². The molecular formula is C20H24N2O3. The molecule has 0 unspecified atom stereocenters. The predicted molar refractivity (Wildman–Crippen MR) is 97.6 cm³/mol. The van der Waals surface area contributed by atoms with Gasteiger partial charge in [-0.05, 0) is 24.2 Å². The molecule has 0 radical (unpaired) electrons. The highest BCUT2D eigenvalue weighted by Gasteiger charge is 2.10. The molecule has 0 aliphatic carbocycles. The molecule has 5 heteroatoms. The minimum absolute atomic E-state index is 0.0231. The van der Waals surface area contributed by atoms with Gasteiger partial charge < -0.3 is 10.4 Å². The third kappa shape index (κ3) is 5.81. The highest BCUT2D eigenvalue weighted by atomic mass is 16.3. The van der Waals surface area contributed by atoms with Crippen LogP contribution >= 0.6 is 0 Å². The van der Waals surface area contributed by atoms with Crippen LogP contribution in [0.1, 0.15) is 33.2 Å². The fraction of sp³-hybridized carbons (Fsp3) is 0.300. The lowest BCUT2D eigenvalue weighted by Crippen LogP contribution is -2.29. The van der Waals surface area contributed by atoms with Crippen LogP contribution in [0.2, 0.25) is 0 Å². The van der Waals surface area contributed by atoms with Crippen molar-refractivity contribution >= 4 is 11.7 Å². The number of hydrogen-bond donors (Lipinski definition) is 2. The summed E-state index contributed by atoms with van der Waals surface area (Å²) in [5.41, 5.74) is 2.18. The fourth-order valence-corrected chi connectivity index (χ4v) is 2.50. The first-order valence-electron chi connectivity index (χ1n) is 8.42. The van der Waals surface area contributed by atoms with Crippen LogP contribution in [-0.2, 0) is 6.54 Å². The molecule has 1 amide bonds. The van der Waals surface area contributed by atoms with Crippen LogP contribution in [0.4, 0.5) is 0 Å². The normalized spacial score (nSPS) is 10.7. The molecule has 0 aromatic heterocycles. The Morgan fingerprint density at radius 1 is 1.00 bits per heavy atom. The molecular weight excluding hydrogens is 316 g/mol. The highest BCUT2D eigenvalue weighted by molar-refractivity contribution is 6.02. The van der Waals surface area contributed by atoms with E-state index in [-0.39, 0.29) is 24.8 Å². The van der Waals surface area contributed by atoms with Crippen LogP contribution in [0, 0.1) is 0 Å². The van der Waals surface area contributed by atoms with E-state index in [2.05, 4.69) is 10.2 Å². The third-order valence-corrected chi connectivity index (χ3v) is 3.99. The zero-order valence-corrected chi connectivity index (χ0v) is 14.4. The van der Waals surface area contributed by atoms with Crippen LogP contribution in [0.3, 0.4) is 0 Å². The fourth-order valence-electron chi connectivity index (χ4n) is 2.50. The van der Waals surface area contributed by atoms with E-state index in [0.29, 0.717) is 17.7 Å². The van der Waals surface area contributed by atoms with Gasteiger partial charge in [-0.1, -0.05) is 49.4 Å². The van der Waals surface area contributed by atoms with E-state index in [4.69, 9.17) is 5.11 Å². The van der Waals surface area contributed by atoms with Gasteiger partial charge in [0.15, 0.2) is 5.78 Å². The number of ketones is 1. The maximum atomic E-state index is 12.2. The van der Waals surface area contributed by atoms with Crippen molar-refractivity contribution in [2.45, 2.75) is 13.5 Å². The lowest BCUT2D eigenvalue weighted by molar-refractivity contribution is 0.0904. The molecule has 0 heterocycles. The summed E-state index contributed by atoms with van der Waals surface area (Å²) in [6, 6.07) is 16.2. The maximum Gasteiger partial charge on any atom is 0.251 e. The number of nitrogens with one attached hydrogen (secondary N) is 1. The van der Waals surface area contributed by atoms with Gasteiger partial charge in [-0.3, -0.25) is 14.5 Å². The number of nitrogens with zero attached hydrogens (tertiary/aromatic N) is 1. The van der Waals surface area contributed by atoms with Crippen molar-refractivity contribution in [1.82, 2.24) is 10.2 Å². The molecule has 0 atom stereocenters. The predicted octanol–water partition coefficient (Wildman–Crippen LogP) is 2.11. The van der Waals surface area contributed by atoms with E-state index >= 15 is 0 Å². The summed E-state index contributed by atoms with van der Waals surface area (Å²) in [5, 5.41) is 11.7. The Balaban J connectivity index is 1.88. The summed E-state index contributed by atoms with van der Waals surface area (Å²) < 4.78 is 0. The second-order valence-corrected chi connectivity index (χ2v) is 5.76. The number of rotatable bonds is 9. The first-order chi connectivity index (χ1) is 12.1. The molecule has 2 N–H and O–H groups in total. The molecule has 0 spiro atoms. The SMILES string of the molecule is CCN(CCO)Cc1ccc(C(=O)NCC(=O)c2ccccc2)cc1. The molecule has 0 aliphatic heterocycles. The molecule has 25 heavy (non-hydrogen) atoms. The molecule has 2 aromatic carbocycles. The first-order valence-corrected chi connectivity index (χ1v) is 8.42. The Kier molecular flexibility index (Phi) is 7.32. The number of carbonyl (C=O) groups is 2. The quantitative estimate of drug-likeness (QED) is 0.686. The van der Waals surface area contributed by atoms with Gasteiger partial charge in [0.25, 0.3) is 5.91 Å². The highest BCUT2D eigenvalue weighted by Crippen LogP contribution is 2.08. The molecule has 0 saturated heterocycles. The van der Waals surface area contributed by atoms with Crippen LogP contribution in [0.15, 0.2) is 54.6 Å². The van der Waals surface area contributed by atoms with E-state index < -0.39 is 0 Å². The summed E-state index contributed by atoms with van der Waals surface area (Å²) in [6.45, 7) is 4.35. The van der Waals surface area contributed by atoms with Gasteiger partial charge in [-0.25, -0.2) is 0 Å². The number of carbonyl (C=O) groups excluding carboxylic acids is 2. The average molecular weight is 340 g/mol. The topological polar surface area (TPSA) is 69.6 Å². The Bertz CT molecular complexity index is 684. The zero-order chi connectivity index (χ0) is 18.1. The standard InChI is InChI=1S/C20H24N2O3/c1-2-22(12-13-23)15-16-8-10-18(11-9-16)20(25)21-14-19(24)17-6-4-3-5-7-17/h3-11,23H,2,12-15H2,1H3,(H,21,25). The molecule has 0 fully saturated rings. The van der Waals surface area contributed by atoms with Gasteiger partial charge in [0, 0.05) is 24.2 Å². The second kappa shape index (κ2) is 9.71. The van der Waals surface area contributed by atoms with E-state index in [1.165, 1.54) is 0 Å². The van der Waals surface area contributed by atoms with Crippen molar-refractivity contribution in [3.8, 4) is 0 Å². The second-order valence-electron chi connectivity index (χ2n) is 5.76. The van der Waals surface area contributed by atoms with E-state index in [1.807, 2.05) is 25.1 Å². The van der Waals surface area contributed by atoms with E-state index in [1.54, 1.807) is 36.4 Å². The summed E-state index contributed by atoms with van der Waals surface area (Å²) >= 11 is 0. The number of hydrogen-bond acceptors (Lipinski definition) is 4. The van der Waals surface area contributed by atoms with Crippen molar-refractivity contribution in [3.05, 3.63) is 71.3 Å². The van der Waals surface area contributed by atoms with Gasteiger partial charge in [0.2, 0.25) is 0 Å². The van der Waals surface area contributed by atoms with Crippen molar-refractivity contribution in [2.24, 2.45) is 0 Å². The van der Waals surface area contributed by atoms with Crippen LogP contribution in [0.5, 0.6) is 0 Å². The Hall–Kier alpha value is -2.50. The Labute approximate surface area is 148 Å². The van der Waals surface area contributed by atoms with Crippen LogP contribution < -0.4 is 5.32 Å². The van der Waals surface area contributed by atoms with Gasteiger partial charge in [-0.15, -0.1) is 0 Å². The van der Waals surface area contributed by atoms with Crippen LogP contribution in [-0.4, -0.2) is 47.9 Å². The summed E-state index contributed by atoms with van der Waals surface area (Å²) in [5.74, 6) is -0.383. The summed E-state index contributed by atoms with van der Waals surface area (Å²) in [6.07, 6.45) is 0. The number of amides is 1. The van der Waals surface area contributed by atoms with E-state index in [9.17, 15) is 9.59 Å². The number of aliphatic hydroxyl groups excluding tert-OH is 1. The lowest BCUT2D eigenvalue weighted by atomic mass is 10.1. The minimum Gasteiger partial charge on any atom is -0.395 e. The number of likely N-dealkylation sites (N-methyl/N-ethyl adjacent to an activating group) is 1. The lowest BCUT2D eigenvalue weighted by Gasteiger charge is -2.19. The molecule has 0 saturated carbocycles. The van der Waals surface area contributed by atoms with Gasteiger partial charge in [0.1, 0.15) is 0 Å². The molecule has 132 valence electrons. The largest absolute Gasteiger partial charge is 0.395 e. The third-order valence-electron chi connectivity index (χ3n) is 3.99. The monoisotopic (exact) mass is 340 g/mol. The Morgan fingerprint density at radius 3 is 2.28 bits per heavy atom. The number of aliphatic hydroxyl groups is 1. The summed E-state index contributed by atoms with van der Waals surface area (Å²) in [7, 11) is 0. The number of benzene rings is 2. The number of Topliss-reactive ketones (excluding diaryl/α,β-unsaturated/α-hetero) is 1. The van der Waals surface area contributed by atoms with Crippen molar-refractivity contribution in [2.75, 3.05) is 26.2 Å². The van der Waals surface area contributed by atoms with Crippen molar-refractivity contribution in [1.29, 1.82) is 0 Å². The zero-order valence-electron chi connectivity index (χ0n) is 14.4. The van der Waals surface area contributed by atoms with Gasteiger partial charge >= 0.3 is 0 Å². The van der Waals surface area contributed by atoms with Crippen molar-refractivity contribution < 1.29 is 14.7 Å². The first kappa shape index (κ1) is 18.8. The molecule has 2 rings (SSSR count).